The van der Waals surface area contributed by atoms with E-state index in [0.717, 1.165) is 32.1 Å². The van der Waals surface area contributed by atoms with Crippen LogP contribution in [0.4, 0.5) is 0 Å². The third-order valence-electron chi connectivity index (χ3n) is 3.57. The van der Waals surface area contributed by atoms with Crippen LogP contribution in [0.1, 0.15) is 65.8 Å². The van der Waals surface area contributed by atoms with E-state index in [-0.39, 0.29) is 23.2 Å². The van der Waals surface area contributed by atoms with E-state index in [1.165, 1.54) is 18.8 Å². The molecule has 4 heteroatoms. The second-order valence-corrected chi connectivity index (χ2v) is 5.42. The maximum Gasteiger partial charge on any atom is 0.263 e. The van der Waals surface area contributed by atoms with Crippen molar-refractivity contribution in [2.45, 2.75) is 45.4 Å². The predicted octanol–water partition coefficient (Wildman–Crippen LogP) is 4.25. The minimum Gasteiger partial charge on any atom is -0.442 e. The third kappa shape index (κ3) is 4.95. The maximum atomic E-state index is 11.9. The lowest BCUT2D eigenvalue weighted by Gasteiger charge is -2.01. The summed E-state index contributed by atoms with van der Waals surface area (Å²) < 4.78 is 5.04. The normalized spacial score (nSPS) is 10.6. The zero-order valence-corrected chi connectivity index (χ0v) is 12.9. The molecule has 0 aliphatic rings. The molecule has 1 aromatic heterocycles. The molecule has 1 aromatic carbocycles. The van der Waals surface area contributed by atoms with Gasteiger partial charge >= 0.3 is 0 Å². The number of carbonyl (C=O) groups is 2. The number of benzene rings is 1. The van der Waals surface area contributed by atoms with Crippen LogP contribution in [0, 0.1) is 0 Å². The molecule has 0 saturated heterocycles. The number of carbonyl (C=O) groups excluding carboxylic acids is 2. The van der Waals surface area contributed by atoms with E-state index in [1.807, 2.05) is 6.07 Å². The Hall–Kier alpha value is -2.23. The smallest absolute Gasteiger partial charge is 0.263 e. The summed E-state index contributed by atoms with van der Waals surface area (Å²) in [5.74, 6) is -0.270. The van der Waals surface area contributed by atoms with Crippen LogP contribution in [0.3, 0.4) is 0 Å². The maximum absolute atomic E-state index is 11.9. The van der Waals surface area contributed by atoms with Gasteiger partial charge in [-0.3, -0.25) is 9.59 Å². The van der Waals surface area contributed by atoms with Gasteiger partial charge < -0.3 is 4.42 Å². The molecule has 0 radical (unpaired) electrons. The molecule has 0 aliphatic heterocycles. The van der Waals surface area contributed by atoms with E-state index in [9.17, 15) is 9.59 Å². The highest BCUT2D eigenvalue weighted by Crippen LogP contribution is 2.12. The molecule has 0 atom stereocenters. The summed E-state index contributed by atoms with van der Waals surface area (Å²) >= 11 is 0. The van der Waals surface area contributed by atoms with Gasteiger partial charge in [0, 0.05) is 13.3 Å². The molecule has 2 rings (SSSR count). The molecule has 1 heterocycles. The number of oxazole rings is 1. The van der Waals surface area contributed by atoms with Gasteiger partial charge in [-0.15, -0.1) is 0 Å². The van der Waals surface area contributed by atoms with E-state index < -0.39 is 0 Å². The summed E-state index contributed by atoms with van der Waals surface area (Å²) in [7, 11) is 0. The highest BCUT2D eigenvalue weighted by atomic mass is 16.3. The van der Waals surface area contributed by atoms with Gasteiger partial charge in [0.1, 0.15) is 12.0 Å². The first-order valence-corrected chi connectivity index (χ1v) is 7.70. The Morgan fingerprint density at radius 3 is 2.45 bits per heavy atom. The van der Waals surface area contributed by atoms with Crippen LogP contribution < -0.4 is 0 Å². The third-order valence-corrected chi connectivity index (χ3v) is 3.57. The standard InChI is InChI=1S/C18H21NO3/c1-14(20)16-13-22-18(19-16)17(21)12-8-3-2-5-9-15-10-6-4-7-11-15/h4,6-7,10-11,13H,2-3,5,8-9,12H2,1H3. The number of aryl methyl sites for hydroxylation is 1. The summed E-state index contributed by atoms with van der Waals surface area (Å²) in [5, 5.41) is 0. The van der Waals surface area contributed by atoms with Crippen molar-refractivity contribution in [3.05, 3.63) is 53.7 Å². The molecular weight excluding hydrogens is 278 g/mol. The molecule has 22 heavy (non-hydrogen) atoms. The highest BCUT2D eigenvalue weighted by molar-refractivity contribution is 5.95. The van der Waals surface area contributed by atoms with Gasteiger partial charge in [0.25, 0.3) is 5.89 Å². The average Bonchev–Trinajstić information content (AvgIpc) is 3.02. The molecule has 2 aromatic rings. The first kappa shape index (κ1) is 16.1. The van der Waals surface area contributed by atoms with Crippen molar-refractivity contribution in [1.82, 2.24) is 4.98 Å². The Labute approximate surface area is 130 Å². The summed E-state index contributed by atoms with van der Waals surface area (Å²) in [5.41, 5.74) is 1.57. The number of hydrogen-bond acceptors (Lipinski definition) is 4. The minimum absolute atomic E-state index is 0.0504. The van der Waals surface area contributed by atoms with Crippen LogP contribution in [-0.2, 0) is 6.42 Å². The number of unbranched alkanes of at least 4 members (excludes halogenated alkanes) is 3. The fourth-order valence-electron chi connectivity index (χ4n) is 2.28. The summed E-state index contributed by atoms with van der Waals surface area (Å²) in [6.45, 7) is 1.40. The Morgan fingerprint density at radius 2 is 1.77 bits per heavy atom. The van der Waals surface area contributed by atoms with Gasteiger partial charge in [-0.05, 0) is 24.8 Å². The Balaban J connectivity index is 1.62. The van der Waals surface area contributed by atoms with E-state index in [0.29, 0.717) is 6.42 Å². The summed E-state index contributed by atoms with van der Waals surface area (Å²) in [6, 6.07) is 10.4. The second-order valence-electron chi connectivity index (χ2n) is 5.42. The van der Waals surface area contributed by atoms with Crippen molar-refractivity contribution < 1.29 is 14.0 Å². The topological polar surface area (TPSA) is 60.2 Å². The van der Waals surface area contributed by atoms with Crippen molar-refractivity contribution in [3.8, 4) is 0 Å². The molecule has 0 fully saturated rings. The van der Waals surface area contributed by atoms with Crippen LogP contribution in [0.25, 0.3) is 0 Å². The minimum atomic E-state index is -0.191. The van der Waals surface area contributed by atoms with Gasteiger partial charge in [-0.25, -0.2) is 4.98 Å². The van der Waals surface area contributed by atoms with Crippen molar-refractivity contribution >= 4 is 11.6 Å². The number of Topliss-reactive ketones (excluding diaryl/α,β-unsaturated/α-hetero) is 2. The van der Waals surface area contributed by atoms with Crippen molar-refractivity contribution in [2.75, 3.05) is 0 Å². The molecule has 0 aliphatic carbocycles. The fraction of sp³-hybridized carbons (Fsp3) is 0.389. The Kier molecular flexibility index (Phi) is 6.07. The van der Waals surface area contributed by atoms with Crippen molar-refractivity contribution in [3.63, 3.8) is 0 Å². The van der Waals surface area contributed by atoms with Crippen LogP contribution in [0.15, 0.2) is 41.0 Å². The van der Waals surface area contributed by atoms with Gasteiger partial charge in [0.15, 0.2) is 5.78 Å². The van der Waals surface area contributed by atoms with Crippen LogP contribution in [0.2, 0.25) is 0 Å². The molecule has 0 spiro atoms. The predicted molar refractivity (Wildman–Crippen MR) is 84.1 cm³/mol. The average molecular weight is 299 g/mol. The SMILES string of the molecule is CC(=O)c1coc(C(=O)CCCCCCc2ccccc2)n1. The van der Waals surface area contributed by atoms with Crippen LogP contribution in [-0.4, -0.2) is 16.6 Å². The quantitative estimate of drug-likeness (QED) is 0.513. The van der Waals surface area contributed by atoms with Gasteiger partial charge in [0.05, 0.1) is 0 Å². The van der Waals surface area contributed by atoms with Crippen molar-refractivity contribution in [1.29, 1.82) is 0 Å². The van der Waals surface area contributed by atoms with Crippen LogP contribution in [0.5, 0.6) is 0 Å². The lowest BCUT2D eigenvalue weighted by molar-refractivity contribution is 0.0945. The number of ketones is 2. The molecule has 4 nitrogen and oxygen atoms in total. The Bertz CT molecular complexity index is 616. The van der Waals surface area contributed by atoms with E-state index in [2.05, 4.69) is 29.2 Å². The summed E-state index contributed by atoms with van der Waals surface area (Å²) in [6.07, 6.45) is 6.82. The molecule has 0 amide bonds. The zero-order valence-electron chi connectivity index (χ0n) is 12.9. The van der Waals surface area contributed by atoms with Crippen LogP contribution >= 0.6 is 0 Å². The summed E-state index contributed by atoms with van der Waals surface area (Å²) in [4.78, 5) is 26.9. The number of nitrogens with zero attached hydrogens (tertiary/aromatic N) is 1. The van der Waals surface area contributed by atoms with Gasteiger partial charge in [0.2, 0.25) is 5.78 Å². The highest BCUT2D eigenvalue weighted by Gasteiger charge is 2.14. The van der Waals surface area contributed by atoms with Crippen molar-refractivity contribution in [2.24, 2.45) is 0 Å². The molecule has 0 saturated carbocycles. The number of hydrogen-bond donors (Lipinski definition) is 0. The second kappa shape index (κ2) is 8.27. The Morgan fingerprint density at radius 1 is 1.05 bits per heavy atom. The molecular formula is C18H21NO3. The van der Waals surface area contributed by atoms with E-state index in [4.69, 9.17) is 4.42 Å². The van der Waals surface area contributed by atoms with E-state index in [1.54, 1.807) is 0 Å². The molecule has 0 unspecified atom stereocenters. The molecule has 116 valence electrons. The number of aromatic nitrogens is 1. The van der Waals surface area contributed by atoms with Gasteiger partial charge in [-0.2, -0.15) is 0 Å². The monoisotopic (exact) mass is 299 g/mol. The zero-order chi connectivity index (χ0) is 15.8. The molecule has 0 bridgehead atoms. The largest absolute Gasteiger partial charge is 0.442 e. The lowest BCUT2D eigenvalue weighted by atomic mass is 10.0. The molecule has 0 N–H and O–H groups in total. The fourth-order valence-corrected chi connectivity index (χ4v) is 2.28. The van der Waals surface area contributed by atoms with Gasteiger partial charge in [-0.1, -0.05) is 43.2 Å². The first-order valence-electron chi connectivity index (χ1n) is 7.70. The first-order chi connectivity index (χ1) is 10.7. The number of rotatable bonds is 9. The lowest BCUT2D eigenvalue weighted by Crippen LogP contribution is -2.01. The van der Waals surface area contributed by atoms with E-state index >= 15 is 0 Å².